The molecule has 4 heteroatoms. The fourth-order valence-corrected chi connectivity index (χ4v) is 1.57. The van der Waals surface area contributed by atoms with E-state index in [-0.39, 0.29) is 5.78 Å². The average molecular weight is 193 g/mol. The minimum atomic E-state index is -0.889. The van der Waals surface area contributed by atoms with Crippen molar-refractivity contribution in [1.82, 2.24) is 4.98 Å². The zero-order valence-electron chi connectivity index (χ0n) is 7.87. The van der Waals surface area contributed by atoms with Crippen molar-refractivity contribution in [2.75, 3.05) is 7.11 Å². The maximum Gasteiger partial charge on any atom is 0.319 e. The van der Waals surface area contributed by atoms with Crippen LogP contribution in [-0.2, 0) is 9.53 Å². The molecule has 14 heavy (non-hydrogen) atoms. The van der Waals surface area contributed by atoms with Crippen LogP contribution in [0.3, 0.4) is 0 Å². The van der Waals surface area contributed by atoms with E-state index in [1.165, 1.54) is 7.11 Å². The number of ether oxygens (including phenoxy) is 1. The Labute approximate surface area is 81.3 Å². The smallest absolute Gasteiger partial charge is 0.319 e. The van der Waals surface area contributed by atoms with Crippen molar-refractivity contribution in [2.45, 2.75) is 12.8 Å². The molecule has 0 atom stereocenters. The SMILES string of the molecule is COC(=O)C1(C(=O)c2ccc[nH]2)CC1. The summed E-state index contributed by atoms with van der Waals surface area (Å²) in [6, 6.07) is 3.41. The number of esters is 1. The standard InChI is InChI=1S/C10H11NO3/c1-14-9(13)10(4-5-10)8(12)7-3-2-6-11-7/h2-3,6,11H,4-5H2,1H3. The molecule has 0 aliphatic heterocycles. The van der Waals surface area contributed by atoms with Crippen LogP contribution in [0.2, 0.25) is 0 Å². The molecule has 1 saturated carbocycles. The van der Waals surface area contributed by atoms with Crippen LogP contribution in [0.4, 0.5) is 0 Å². The first kappa shape index (κ1) is 8.99. The van der Waals surface area contributed by atoms with Gasteiger partial charge in [0, 0.05) is 6.20 Å². The summed E-state index contributed by atoms with van der Waals surface area (Å²) in [5.41, 5.74) is -0.410. The Morgan fingerprint density at radius 1 is 1.50 bits per heavy atom. The highest BCUT2D eigenvalue weighted by molar-refractivity contribution is 6.13. The van der Waals surface area contributed by atoms with Crippen LogP contribution in [0.15, 0.2) is 18.3 Å². The summed E-state index contributed by atoms with van der Waals surface area (Å²) in [4.78, 5) is 26.0. The van der Waals surface area contributed by atoms with Gasteiger partial charge in [-0.15, -0.1) is 0 Å². The maximum absolute atomic E-state index is 11.9. The van der Waals surface area contributed by atoms with Gasteiger partial charge in [-0.3, -0.25) is 9.59 Å². The first-order valence-corrected chi connectivity index (χ1v) is 4.47. The van der Waals surface area contributed by atoms with Crippen LogP contribution in [0.5, 0.6) is 0 Å². The number of aromatic amines is 1. The highest BCUT2D eigenvalue weighted by atomic mass is 16.5. The summed E-state index contributed by atoms with van der Waals surface area (Å²) in [6.45, 7) is 0. The largest absolute Gasteiger partial charge is 0.468 e. The van der Waals surface area contributed by atoms with Gasteiger partial charge >= 0.3 is 5.97 Å². The first-order valence-electron chi connectivity index (χ1n) is 4.47. The van der Waals surface area contributed by atoms with Gasteiger partial charge in [0.2, 0.25) is 0 Å². The number of hydrogen-bond donors (Lipinski definition) is 1. The molecule has 0 bridgehead atoms. The van der Waals surface area contributed by atoms with Gasteiger partial charge in [0.1, 0.15) is 5.41 Å². The van der Waals surface area contributed by atoms with Crippen LogP contribution in [0, 0.1) is 5.41 Å². The predicted molar refractivity (Wildman–Crippen MR) is 48.8 cm³/mol. The molecule has 74 valence electrons. The predicted octanol–water partition coefficient (Wildman–Crippen LogP) is 1.15. The quantitative estimate of drug-likeness (QED) is 0.445. The summed E-state index contributed by atoms with van der Waals surface area (Å²) in [5, 5.41) is 0. The molecular formula is C10H11NO3. The number of aromatic nitrogens is 1. The third-order valence-electron chi connectivity index (χ3n) is 2.60. The lowest BCUT2D eigenvalue weighted by atomic mass is 9.99. The summed E-state index contributed by atoms with van der Waals surface area (Å²) >= 11 is 0. The number of hydrogen-bond acceptors (Lipinski definition) is 3. The molecule has 0 radical (unpaired) electrons. The molecule has 1 heterocycles. The minimum Gasteiger partial charge on any atom is -0.468 e. The van der Waals surface area contributed by atoms with Crippen molar-refractivity contribution in [3.63, 3.8) is 0 Å². The van der Waals surface area contributed by atoms with E-state index in [9.17, 15) is 9.59 Å². The van der Waals surface area contributed by atoms with Crippen molar-refractivity contribution < 1.29 is 14.3 Å². The highest BCUT2D eigenvalue weighted by Gasteiger charge is 2.57. The monoisotopic (exact) mass is 193 g/mol. The van der Waals surface area contributed by atoms with Crippen LogP contribution >= 0.6 is 0 Å². The Hall–Kier alpha value is -1.58. The van der Waals surface area contributed by atoms with E-state index in [0.29, 0.717) is 18.5 Å². The van der Waals surface area contributed by atoms with E-state index in [1.807, 2.05) is 0 Å². The summed E-state index contributed by atoms with van der Waals surface area (Å²) in [5.74, 6) is -0.577. The van der Waals surface area contributed by atoms with Gasteiger partial charge in [-0.25, -0.2) is 0 Å². The number of nitrogens with one attached hydrogen (secondary N) is 1. The van der Waals surface area contributed by atoms with E-state index in [2.05, 4.69) is 9.72 Å². The first-order chi connectivity index (χ1) is 6.70. The Balaban J connectivity index is 2.24. The fraction of sp³-hybridized carbons (Fsp3) is 0.400. The molecule has 0 saturated heterocycles. The van der Waals surface area contributed by atoms with E-state index in [0.717, 1.165) is 0 Å². The average Bonchev–Trinajstić information content (AvgIpc) is 2.84. The van der Waals surface area contributed by atoms with E-state index >= 15 is 0 Å². The van der Waals surface area contributed by atoms with Crippen LogP contribution < -0.4 is 0 Å². The zero-order chi connectivity index (χ0) is 10.2. The Morgan fingerprint density at radius 3 is 2.64 bits per heavy atom. The van der Waals surface area contributed by atoms with Crippen LogP contribution in [0.25, 0.3) is 0 Å². The molecule has 0 aromatic carbocycles. The lowest BCUT2D eigenvalue weighted by Crippen LogP contribution is -2.27. The summed E-state index contributed by atoms with van der Waals surface area (Å²) in [6.07, 6.45) is 2.86. The number of rotatable bonds is 3. The minimum absolute atomic E-state index is 0.158. The number of methoxy groups -OCH3 is 1. The fourth-order valence-electron chi connectivity index (χ4n) is 1.57. The molecule has 2 rings (SSSR count). The van der Waals surface area contributed by atoms with Gasteiger partial charge in [-0.05, 0) is 25.0 Å². The second-order valence-corrected chi connectivity index (χ2v) is 3.49. The number of carbonyl (C=O) groups excluding carboxylic acids is 2. The van der Waals surface area contributed by atoms with Crippen LogP contribution in [0.1, 0.15) is 23.3 Å². The van der Waals surface area contributed by atoms with E-state index < -0.39 is 11.4 Å². The molecule has 0 unspecified atom stereocenters. The molecule has 1 aromatic heterocycles. The molecule has 1 aliphatic rings. The van der Waals surface area contributed by atoms with Gasteiger partial charge < -0.3 is 9.72 Å². The topological polar surface area (TPSA) is 59.2 Å². The Bertz CT molecular complexity index is 363. The highest BCUT2D eigenvalue weighted by Crippen LogP contribution is 2.48. The van der Waals surface area contributed by atoms with Gasteiger partial charge in [0.25, 0.3) is 0 Å². The zero-order valence-corrected chi connectivity index (χ0v) is 7.87. The molecule has 1 fully saturated rings. The Kier molecular flexibility index (Phi) is 1.91. The summed E-state index contributed by atoms with van der Waals surface area (Å²) < 4.78 is 4.62. The molecule has 1 N–H and O–H groups in total. The maximum atomic E-state index is 11.9. The molecule has 1 aliphatic carbocycles. The molecule has 4 nitrogen and oxygen atoms in total. The van der Waals surface area contributed by atoms with Gasteiger partial charge in [0.05, 0.1) is 12.8 Å². The van der Waals surface area contributed by atoms with E-state index in [4.69, 9.17) is 0 Å². The van der Waals surface area contributed by atoms with Crippen molar-refractivity contribution in [1.29, 1.82) is 0 Å². The van der Waals surface area contributed by atoms with Gasteiger partial charge in [-0.1, -0.05) is 0 Å². The second kappa shape index (κ2) is 2.97. The number of carbonyl (C=O) groups is 2. The molecule has 0 amide bonds. The number of ketones is 1. The molecule has 0 spiro atoms. The van der Waals surface area contributed by atoms with Crippen molar-refractivity contribution in [3.8, 4) is 0 Å². The van der Waals surface area contributed by atoms with Crippen LogP contribution in [-0.4, -0.2) is 23.8 Å². The number of Topliss-reactive ketones (excluding diaryl/α,β-unsaturated/α-hetero) is 1. The molecular weight excluding hydrogens is 182 g/mol. The summed E-state index contributed by atoms with van der Waals surface area (Å²) in [7, 11) is 1.31. The third-order valence-corrected chi connectivity index (χ3v) is 2.60. The van der Waals surface area contributed by atoms with Gasteiger partial charge in [-0.2, -0.15) is 0 Å². The Morgan fingerprint density at radius 2 is 2.21 bits per heavy atom. The normalized spacial score (nSPS) is 17.5. The van der Waals surface area contributed by atoms with Gasteiger partial charge in [0.15, 0.2) is 5.78 Å². The van der Waals surface area contributed by atoms with Crippen molar-refractivity contribution >= 4 is 11.8 Å². The van der Waals surface area contributed by atoms with Crippen molar-refractivity contribution in [3.05, 3.63) is 24.0 Å². The lowest BCUT2D eigenvalue weighted by Gasteiger charge is -2.09. The molecule has 1 aromatic rings. The lowest BCUT2D eigenvalue weighted by molar-refractivity contribution is -0.145. The number of H-pyrrole nitrogens is 1. The van der Waals surface area contributed by atoms with Crippen molar-refractivity contribution in [2.24, 2.45) is 5.41 Å². The van der Waals surface area contributed by atoms with E-state index in [1.54, 1.807) is 18.3 Å². The second-order valence-electron chi connectivity index (χ2n) is 3.49. The third kappa shape index (κ3) is 1.14.